The average Bonchev–Trinajstić information content (AvgIpc) is 2.30. The third kappa shape index (κ3) is 4.00. The summed E-state index contributed by atoms with van der Waals surface area (Å²) in [6.07, 6.45) is 5.90. The first kappa shape index (κ1) is 13.3. The molecule has 2 N–H and O–H groups in total. The fourth-order valence-corrected chi connectivity index (χ4v) is 2.25. The van der Waals surface area contributed by atoms with Crippen LogP contribution >= 0.6 is 0 Å². The van der Waals surface area contributed by atoms with Crippen LogP contribution in [0.3, 0.4) is 0 Å². The molecule has 16 heavy (non-hydrogen) atoms. The highest BCUT2D eigenvalue weighted by Gasteiger charge is 2.22. The Balaban J connectivity index is 2.25. The van der Waals surface area contributed by atoms with E-state index < -0.39 is 0 Å². The molecule has 0 aliphatic heterocycles. The van der Waals surface area contributed by atoms with E-state index >= 15 is 0 Å². The highest BCUT2D eigenvalue weighted by atomic mass is 16.3. The number of urea groups is 1. The number of hydrogen-bond donors (Lipinski definition) is 2. The van der Waals surface area contributed by atoms with Gasteiger partial charge in [-0.3, -0.25) is 0 Å². The lowest BCUT2D eigenvalue weighted by molar-refractivity contribution is 0.181. The normalized spacial score (nSPS) is 25.2. The molecule has 0 aromatic carbocycles. The van der Waals surface area contributed by atoms with Gasteiger partial charge in [-0.05, 0) is 31.6 Å². The van der Waals surface area contributed by atoms with Crippen molar-refractivity contribution in [2.45, 2.75) is 45.1 Å². The second-order valence-electron chi connectivity index (χ2n) is 4.72. The van der Waals surface area contributed by atoms with Gasteiger partial charge in [0, 0.05) is 19.6 Å². The first-order valence-corrected chi connectivity index (χ1v) is 6.29. The molecule has 0 atom stereocenters. The van der Waals surface area contributed by atoms with Crippen molar-refractivity contribution >= 4 is 6.03 Å². The molecule has 1 fully saturated rings. The van der Waals surface area contributed by atoms with E-state index in [4.69, 9.17) is 5.11 Å². The number of likely N-dealkylation sites (N-methyl/N-ethyl adjacent to an activating group) is 1. The minimum absolute atomic E-state index is 0.0203. The summed E-state index contributed by atoms with van der Waals surface area (Å²) in [5.41, 5.74) is 0. The van der Waals surface area contributed by atoms with Gasteiger partial charge in [-0.25, -0.2) is 4.79 Å². The molecule has 0 radical (unpaired) electrons. The fourth-order valence-electron chi connectivity index (χ4n) is 2.25. The average molecular weight is 228 g/mol. The Morgan fingerprint density at radius 3 is 2.50 bits per heavy atom. The van der Waals surface area contributed by atoms with E-state index in [1.165, 1.54) is 24.2 Å². The third-order valence-electron chi connectivity index (χ3n) is 3.53. The van der Waals surface area contributed by atoms with Crippen LogP contribution in [0.1, 0.15) is 39.0 Å². The quantitative estimate of drug-likeness (QED) is 0.767. The first-order valence-electron chi connectivity index (χ1n) is 6.29. The summed E-state index contributed by atoms with van der Waals surface area (Å²) in [6.45, 7) is 2.65. The van der Waals surface area contributed by atoms with Gasteiger partial charge in [-0.2, -0.15) is 0 Å². The van der Waals surface area contributed by atoms with E-state index in [-0.39, 0.29) is 12.6 Å². The number of aliphatic hydroxyl groups excluding tert-OH is 1. The number of carbonyl (C=O) groups is 1. The van der Waals surface area contributed by atoms with Crippen molar-refractivity contribution in [1.82, 2.24) is 10.2 Å². The third-order valence-corrected chi connectivity index (χ3v) is 3.53. The Morgan fingerprint density at radius 1 is 1.38 bits per heavy atom. The fraction of sp³-hybridized carbons (Fsp3) is 0.917. The smallest absolute Gasteiger partial charge is 0.317 e. The van der Waals surface area contributed by atoms with E-state index in [1.807, 2.05) is 0 Å². The SMILES string of the molecule is CCC1CCC(NC(=O)N(C)CCO)CC1. The molecule has 0 aromatic rings. The largest absolute Gasteiger partial charge is 0.395 e. The lowest BCUT2D eigenvalue weighted by Gasteiger charge is -2.29. The number of aliphatic hydroxyl groups is 1. The van der Waals surface area contributed by atoms with Crippen molar-refractivity contribution in [3.05, 3.63) is 0 Å². The molecule has 0 spiro atoms. The van der Waals surface area contributed by atoms with Crippen LogP contribution in [0, 0.1) is 5.92 Å². The minimum atomic E-state index is -0.0611. The van der Waals surface area contributed by atoms with Crippen LogP contribution in [0.5, 0.6) is 0 Å². The molecule has 1 saturated carbocycles. The van der Waals surface area contributed by atoms with Gasteiger partial charge in [-0.15, -0.1) is 0 Å². The lowest BCUT2D eigenvalue weighted by atomic mass is 9.85. The van der Waals surface area contributed by atoms with Gasteiger partial charge in [0.2, 0.25) is 0 Å². The summed E-state index contributed by atoms with van der Waals surface area (Å²) >= 11 is 0. The molecule has 0 saturated heterocycles. The molecule has 4 heteroatoms. The van der Waals surface area contributed by atoms with Gasteiger partial charge < -0.3 is 15.3 Å². The van der Waals surface area contributed by atoms with Crippen LogP contribution in [0.2, 0.25) is 0 Å². The van der Waals surface area contributed by atoms with Gasteiger partial charge in [-0.1, -0.05) is 13.3 Å². The van der Waals surface area contributed by atoms with E-state index in [9.17, 15) is 4.79 Å². The van der Waals surface area contributed by atoms with Crippen LogP contribution in [0.25, 0.3) is 0 Å². The van der Waals surface area contributed by atoms with Crippen LogP contribution in [0.4, 0.5) is 4.79 Å². The van der Waals surface area contributed by atoms with Crippen molar-refractivity contribution in [2.75, 3.05) is 20.2 Å². The zero-order chi connectivity index (χ0) is 12.0. The molecule has 1 rings (SSSR count). The number of amides is 2. The van der Waals surface area contributed by atoms with Gasteiger partial charge in [0.1, 0.15) is 0 Å². The Bertz CT molecular complexity index is 213. The standard InChI is InChI=1S/C12H24N2O2/c1-3-10-4-6-11(7-5-10)13-12(16)14(2)8-9-15/h10-11,15H,3-9H2,1-2H3,(H,13,16). The molecule has 4 nitrogen and oxygen atoms in total. The van der Waals surface area contributed by atoms with Gasteiger partial charge >= 0.3 is 6.03 Å². The maximum absolute atomic E-state index is 11.7. The first-order chi connectivity index (χ1) is 7.67. The van der Waals surface area contributed by atoms with Crippen LogP contribution < -0.4 is 5.32 Å². The molecule has 0 heterocycles. The molecular weight excluding hydrogens is 204 g/mol. The zero-order valence-corrected chi connectivity index (χ0v) is 10.4. The lowest BCUT2D eigenvalue weighted by Crippen LogP contribution is -2.45. The summed E-state index contributed by atoms with van der Waals surface area (Å²) < 4.78 is 0. The number of nitrogens with zero attached hydrogens (tertiary/aromatic N) is 1. The zero-order valence-electron chi connectivity index (χ0n) is 10.4. The molecule has 0 unspecified atom stereocenters. The number of carbonyl (C=O) groups excluding carboxylic acids is 1. The summed E-state index contributed by atoms with van der Waals surface area (Å²) in [5, 5.41) is 11.8. The van der Waals surface area contributed by atoms with Crippen LogP contribution in [0.15, 0.2) is 0 Å². The van der Waals surface area contributed by atoms with Crippen LogP contribution in [-0.2, 0) is 0 Å². The highest BCUT2D eigenvalue weighted by molar-refractivity contribution is 5.74. The number of rotatable bonds is 4. The monoisotopic (exact) mass is 228 g/mol. The molecule has 1 aliphatic carbocycles. The summed E-state index contributed by atoms with van der Waals surface area (Å²) in [6, 6.07) is 0.269. The van der Waals surface area contributed by atoms with Crippen molar-refractivity contribution in [2.24, 2.45) is 5.92 Å². The maximum atomic E-state index is 11.7. The van der Waals surface area contributed by atoms with E-state index in [0.717, 1.165) is 18.8 Å². The van der Waals surface area contributed by atoms with Crippen molar-refractivity contribution in [3.8, 4) is 0 Å². The topological polar surface area (TPSA) is 52.6 Å². The molecule has 94 valence electrons. The van der Waals surface area contributed by atoms with Crippen molar-refractivity contribution in [1.29, 1.82) is 0 Å². The van der Waals surface area contributed by atoms with Crippen LogP contribution in [-0.4, -0.2) is 42.3 Å². The molecule has 1 aliphatic rings. The van der Waals surface area contributed by atoms with E-state index in [2.05, 4.69) is 12.2 Å². The summed E-state index contributed by atoms with van der Waals surface area (Å²) in [7, 11) is 1.71. The predicted octanol–water partition coefficient (Wildman–Crippen LogP) is 1.59. The Kier molecular flexibility index (Phi) is 5.60. The minimum Gasteiger partial charge on any atom is -0.395 e. The predicted molar refractivity (Wildman–Crippen MR) is 64.3 cm³/mol. The summed E-state index contributed by atoms with van der Waals surface area (Å²) in [5.74, 6) is 0.850. The van der Waals surface area contributed by atoms with Crippen molar-refractivity contribution < 1.29 is 9.90 Å². The van der Waals surface area contributed by atoms with Crippen molar-refractivity contribution in [3.63, 3.8) is 0 Å². The Hall–Kier alpha value is -0.770. The second-order valence-corrected chi connectivity index (χ2v) is 4.72. The molecule has 0 aromatic heterocycles. The van der Waals surface area contributed by atoms with E-state index in [0.29, 0.717) is 12.6 Å². The van der Waals surface area contributed by atoms with Gasteiger partial charge in [0.05, 0.1) is 6.61 Å². The number of nitrogens with one attached hydrogen (secondary N) is 1. The molecule has 0 bridgehead atoms. The second kappa shape index (κ2) is 6.74. The van der Waals surface area contributed by atoms with E-state index in [1.54, 1.807) is 7.05 Å². The number of hydrogen-bond acceptors (Lipinski definition) is 2. The van der Waals surface area contributed by atoms with Gasteiger partial charge in [0.15, 0.2) is 0 Å². The maximum Gasteiger partial charge on any atom is 0.317 e. The Labute approximate surface area is 98.0 Å². The molecule has 2 amide bonds. The van der Waals surface area contributed by atoms with Gasteiger partial charge in [0.25, 0.3) is 0 Å². The Morgan fingerprint density at radius 2 is 2.00 bits per heavy atom. The highest BCUT2D eigenvalue weighted by Crippen LogP contribution is 2.26. The summed E-state index contributed by atoms with van der Waals surface area (Å²) in [4.78, 5) is 13.2. The molecular formula is C12H24N2O2.